The van der Waals surface area contributed by atoms with E-state index in [-0.39, 0.29) is 18.2 Å². The lowest BCUT2D eigenvalue weighted by atomic mass is 10.2. The molecule has 1 fully saturated rings. The summed E-state index contributed by atoms with van der Waals surface area (Å²) in [6.45, 7) is 4.67. The molecule has 1 aliphatic heterocycles. The molecule has 1 aromatic rings. The van der Waals surface area contributed by atoms with Crippen LogP contribution in [0.2, 0.25) is 0 Å². The molecule has 0 saturated carbocycles. The van der Waals surface area contributed by atoms with Crippen molar-refractivity contribution in [1.82, 2.24) is 5.32 Å². The molecule has 0 unspecified atom stereocenters. The fourth-order valence-corrected chi connectivity index (χ4v) is 3.46. The molecule has 1 saturated heterocycles. The number of hydrogen-bond acceptors (Lipinski definition) is 5. The Bertz CT molecular complexity index is 651. The van der Waals surface area contributed by atoms with Gasteiger partial charge in [0.05, 0.1) is 0 Å². The highest BCUT2D eigenvalue weighted by Gasteiger charge is 2.31. The molecule has 2 amide bonds. The summed E-state index contributed by atoms with van der Waals surface area (Å²) in [6, 6.07) is 6.14. The normalized spacial score (nSPS) is 18.9. The number of halogens is 2. The van der Waals surface area contributed by atoms with E-state index in [0.29, 0.717) is 40.0 Å². The summed E-state index contributed by atoms with van der Waals surface area (Å²) in [5.74, 6) is -2.64. The summed E-state index contributed by atoms with van der Waals surface area (Å²) in [4.78, 5) is 28.7. The molecule has 2 rings (SSSR count). The molecule has 25 heavy (non-hydrogen) atoms. The van der Waals surface area contributed by atoms with Crippen molar-refractivity contribution in [3.63, 3.8) is 0 Å². The topological polar surface area (TPSA) is 70.6 Å². The molecule has 136 valence electrons. The number of nitrogens with one attached hydrogen (secondary N) is 2. The van der Waals surface area contributed by atoms with Gasteiger partial charge in [0, 0.05) is 23.5 Å². The van der Waals surface area contributed by atoms with Gasteiger partial charge in [0.1, 0.15) is 5.25 Å². The number of alkyl halides is 2. The predicted octanol–water partition coefficient (Wildman–Crippen LogP) is 3.57. The van der Waals surface area contributed by atoms with Crippen molar-refractivity contribution in [2.75, 3.05) is 11.9 Å². The minimum absolute atomic E-state index is 0.0186. The molecule has 2 N–H and O–H groups in total. The van der Waals surface area contributed by atoms with E-state index in [9.17, 15) is 18.4 Å². The lowest BCUT2D eigenvalue weighted by Crippen LogP contribution is -2.28. The van der Waals surface area contributed by atoms with E-state index < -0.39 is 11.0 Å². The van der Waals surface area contributed by atoms with Gasteiger partial charge in [0.15, 0.2) is 5.17 Å². The number of amidine groups is 1. The maximum atomic E-state index is 12.3. The van der Waals surface area contributed by atoms with Gasteiger partial charge in [-0.05, 0) is 30.2 Å². The molecular weight excluding hydrogens is 368 g/mol. The predicted molar refractivity (Wildman–Crippen MR) is 98.2 cm³/mol. The van der Waals surface area contributed by atoms with Crippen LogP contribution in [-0.4, -0.2) is 34.5 Å². The Hall–Kier alpha value is -1.61. The first-order valence-corrected chi connectivity index (χ1v) is 9.46. The molecule has 0 bridgehead atoms. The van der Waals surface area contributed by atoms with E-state index in [4.69, 9.17) is 0 Å². The number of carbonyl (C=O) groups excluding carboxylic acids is 2. The Kier molecular flexibility index (Phi) is 7.24. The van der Waals surface area contributed by atoms with E-state index in [1.807, 2.05) is 13.8 Å². The molecule has 0 spiro atoms. The Morgan fingerprint density at radius 3 is 2.64 bits per heavy atom. The van der Waals surface area contributed by atoms with Gasteiger partial charge in [-0.2, -0.15) is 8.78 Å². The Morgan fingerprint density at radius 1 is 1.36 bits per heavy atom. The maximum Gasteiger partial charge on any atom is 0.288 e. The number of hydrogen-bond donors (Lipinski definition) is 2. The van der Waals surface area contributed by atoms with Crippen LogP contribution in [0.3, 0.4) is 0 Å². The van der Waals surface area contributed by atoms with Crippen molar-refractivity contribution in [3.8, 4) is 0 Å². The number of benzene rings is 1. The largest absolute Gasteiger partial charge is 0.326 e. The summed E-state index contributed by atoms with van der Waals surface area (Å²) in [5.41, 5.74) is 0.501. The van der Waals surface area contributed by atoms with E-state index in [1.54, 1.807) is 12.1 Å². The second-order valence-corrected chi connectivity index (χ2v) is 8.05. The van der Waals surface area contributed by atoms with Crippen molar-refractivity contribution in [2.24, 2.45) is 10.9 Å². The molecule has 1 aromatic carbocycles. The van der Waals surface area contributed by atoms with Crippen molar-refractivity contribution < 1.29 is 18.4 Å². The smallest absolute Gasteiger partial charge is 0.288 e. The molecule has 0 radical (unpaired) electrons. The average molecular weight is 387 g/mol. The molecule has 9 heteroatoms. The highest BCUT2D eigenvalue weighted by molar-refractivity contribution is 8.15. The molecule has 1 heterocycles. The second-order valence-electron chi connectivity index (χ2n) is 5.79. The van der Waals surface area contributed by atoms with Crippen LogP contribution in [0.5, 0.6) is 0 Å². The first kappa shape index (κ1) is 19.7. The zero-order chi connectivity index (χ0) is 18.4. The number of thioether (sulfide) groups is 2. The van der Waals surface area contributed by atoms with Crippen LogP contribution in [0.15, 0.2) is 34.2 Å². The lowest BCUT2D eigenvalue weighted by molar-refractivity contribution is -0.122. The second kappa shape index (κ2) is 9.19. The number of aliphatic imine (C=N–C) groups is 1. The summed E-state index contributed by atoms with van der Waals surface area (Å²) >= 11 is 1.69. The maximum absolute atomic E-state index is 12.3. The van der Waals surface area contributed by atoms with Crippen molar-refractivity contribution in [1.29, 1.82) is 0 Å². The number of nitrogens with zero attached hydrogens (tertiary/aromatic N) is 1. The van der Waals surface area contributed by atoms with Crippen molar-refractivity contribution in [3.05, 3.63) is 24.3 Å². The van der Waals surface area contributed by atoms with Crippen LogP contribution in [0.25, 0.3) is 0 Å². The van der Waals surface area contributed by atoms with Gasteiger partial charge in [-0.25, -0.2) is 0 Å². The van der Waals surface area contributed by atoms with Gasteiger partial charge in [0.25, 0.3) is 5.76 Å². The first-order valence-electron chi connectivity index (χ1n) is 7.70. The fourth-order valence-electron chi connectivity index (χ4n) is 1.98. The van der Waals surface area contributed by atoms with E-state index in [1.165, 1.54) is 23.9 Å². The highest BCUT2D eigenvalue weighted by Crippen LogP contribution is 2.27. The fraction of sp³-hybridized carbons (Fsp3) is 0.438. The standard InChI is InChI=1S/C16H19F2N3O2S2/c1-9(2)8-19-16-21-14(23)12(25-16)7-13(22)20-10-3-5-11(6-4-10)24-15(17)18/h3-6,9,12,15H,7-8H2,1-2H3,(H,20,22)(H,19,21,23)/t12-/m0/s1. The van der Waals surface area contributed by atoms with Crippen molar-refractivity contribution >= 4 is 46.2 Å². The average Bonchev–Trinajstić information content (AvgIpc) is 2.87. The molecule has 5 nitrogen and oxygen atoms in total. The van der Waals surface area contributed by atoms with Gasteiger partial charge in [0.2, 0.25) is 11.8 Å². The number of anilines is 1. The molecule has 0 aromatic heterocycles. The Labute approximate surface area is 153 Å². The van der Waals surface area contributed by atoms with Gasteiger partial charge in [-0.1, -0.05) is 37.4 Å². The third-order valence-electron chi connectivity index (χ3n) is 3.11. The number of amides is 2. The van der Waals surface area contributed by atoms with Gasteiger partial charge >= 0.3 is 0 Å². The molecule has 1 atom stereocenters. The lowest BCUT2D eigenvalue weighted by Gasteiger charge is -2.08. The number of rotatable bonds is 7. The van der Waals surface area contributed by atoms with E-state index >= 15 is 0 Å². The Balaban J connectivity index is 1.85. The monoisotopic (exact) mass is 387 g/mol. The summed E-state index contributed by atoms with van der Waals surface area (Å²) in [7, 11) is 0. The van der Waals surface area contributed by atoms with Crippen LogP contribution < -0.4 is 10.6 Å². The summed E-state index contributed by atoms with van der Waals surface area (Å²) < 4.78 is 24.5. The summed E-state index contributed by atoms with van der Waals surface area (Å²) in [5, 5.41) is 5.37. The van der Waals surface area contributed by atoms with Crippen LogP contribution in [-0.2, 0) is 9.59 Å². The van der Waals surface area contributed by atoms with Gasteiger partial charge < -0.3 is 10.6 Å². The van der Waals surface area contributed by atoms with Gasteiger partial charge in [-0.15, -0.1) is 0 Å². The van der Waals surface area contributed by atoms with Gasteiger partial charge in [-0.3, -0.25) is 14.6 Å². The van der Waals surface area contributed by atoms with Crippen LogP contribution in [0.1, 0.15) is 20.3 Å². The number of carbonyl (C=O) groups is 2. The Morgan fingerprint density at radius 2 is 2.04 bits per heavy atom. The molecular formula is C16H19F2N3O2S2. The summed E-state index contributed by atoms with van der Waals surface area (Å²) in [6.07, 6.45) is 0.0186. The zero-order valence-electron chi connectivity index (χ0n) is 13.8. The first-order chi connectivity index (χ1) is 11.8. The zero-order valence-corrected chi connectivity index (χ0v) is 15.4. The third-order valence-corrected chi connectivity index (χ3v) is 4.95. The molecule has 0 aliphatic carbocycles. The van der Waals surface area contributed by atoms with Crippen LogP contribution in [0.4, 0.5) is 14.5 Å². The van der Waals surface area contributed by atoms with Crippen molar-refractivity contribution in [2.45, 2.75) is 36.2 Å². The molecule has 1 aliphatic rings. The van der Waals surface area contributed by atoms with Crippen LogP contribution in [0, 0.1) is 5.92 Å². The minimum atomic E-state index is -2.48. The van der Waals surface area contributed by atoms with E-state index in [2.05, 4.69) is 15.6 Å². The van der Waals surface area contributed by atoms with Crippen LogP contribution >= 0.6 is 23.5 Å². The van der Waals surface area contributed by atoms with E-state index in [0.717, 1.165) is 0 Å². The highest BCUT2D eigenvalue weighted by atomic mass is 32.2. The SMILES string of the molecule is CC(C)CN=C1NC(=O)[C@H](CC(=O)Nc2ccc(SC(F)F)cc2)S1. The minimum Gasteiger partial charge on any atom is -0.326 e. The quantitative estimate of drug-likeness (QED) is 0.702. The third kappa shape index (κ3) is 6.66.